The molecular formula is C14H17NO2S. The number of aryl methyl sites for hydroxylation is 1. The lowest BCUT2D eigenvalue weighted by Crippen LogP contribution is -2.23. The van der Waals surface area contributed by atoms with Crippen LogP contribution in [0.25, 0.3) is 0 Å². The van der Waals surface area contributed by atoms with Gasteiger partial charge in [-0.15, -0.1) is 11.8 Å². The number of anilines is 1. The lowest BCUT2D eigenvalue weighted by Gasteiger charge is -2.22. The van der Waals surface area contributed by atoms with Crippen LogP contribution < -0.4 is 4.90 Å². The van der Waals surface area contributed by atoms with Gasteiger partial charge in [-0.3, -0.25) is 4.79 Å². The molecule has 1 saturated carbocycles. The maximum Gasteiger partial charge on any atom is 0.308 e. The van der Waals surface area contributed by atoms with Gasteiger partial charge in [0.1, 0.15) is 0 Å². The summed E-state index contributed by atoms with van der Waals surface area (Å²) in [7, 11) is 2.01. The minimum Gasteiger partial charge on any atom is -0.481 e. The Balaban J connectivity index is 1.78. The van der Waals surface area contributed by atoms with Gasteiger partial charge in [-0.05, 0) is 48.8 Å². The smallest absolute Gasteiger partial charge is 0.308 e. The summed E-state index contributed by atoms with van der Waals surface area (Å²) in [5.41, 5.74) is 2.58. The maximum absolute atomic E-state index is 10.9. The van der Waals surface area contributed by atoms with Crippen molar-refractivity contribution in [2.45, 2.75) is 30.2 Å². The van der Waals surface area contributed by atoms with Crippen molar-refractivity contribution in [1.29, 1.82) is 0 Å². The summed E-state index contributed by atoms with van der Waals surface area (Å²) < 4.78 is 0. The van der Waals surface area contributed by atoms with Crippen molar-refractivity contribution >= 4 is 23.4 Å². The minimum absolute atomic E-state index is 0.178. The fraction of sp³-hybridized carbons (Fsp3) is 0.500. The lowest BCUT2D eigenvalue weighted by atomic mass is 10.1. The fourth-order valence-corrected chi connectivity index (χ4v) is 3.65. The Hall–Kier alpha value is -1.16. The molecule has 0 saturated heterocycles. The predicted octanol–water partition coefficient (Wildman–Crippen LogP) is 2.63. The first kappa shape index (κ1) is 11.9. The molecule has 0 amide bonds. The SMILES string of the molecule is CN(c1ccc2c(c1)CCCS2)C1CC1C(=O)O. The second-order valence-corrected chi connectivity index (χ2v) is 6.24. The summed E-state index contributed by atoms with van der Waals surface area (Å²) >= 11 is 1.93. The molecule has 3 nitrogen and oxygen atoms in total. The zero-order valence-electron chi connectivity index (χ0n) is 10.4. The largest absolute Gasteiger partial charge is 0.481 e. The van der Waals surface area contributed by atoms with Gasteiger partial charge < -0.3 is 10.0 Å². The van der Waals surface area contributed by atoms with E-state index < -0.39 is 5.97 Å². The van der Waals surface area contributed by atoms with Crippen molar-refractivity contribution in [3.63, 3.8) is 0 Å². The van der Waals surface area contributed by atoms with Crippen LogP contribution in [0.4, 0.5) is 5.69 Å². The Morgan fingerprint density at radius 3 is 3.06 bits per heavy atom. The summed E-state index contributed by atoms with van der Waals surface area (Å²) in [6, 6.07) is 6.72. The molecule has 18 heavy (non-hydrogen) atoms. The van der Waals surface area contributed by atoms with Gasteiger partial charge in [0.25, 0.3) is 0 Å². The van der Waals surface area contributed by atoms with Crippen molar-refractivity contribution in [3.8, 4) is 0 Å². The number of rotatable bonds is 3. The number of benzene rings is 1. The van der Waals surface area contributed by atoms with Crippen LogP contribution in [-0.4, -0.2) is 29.9 Å². The van der Waals surface area contributed by atoms with Gasteiger partial charge >= 0.3 is 5.97 Å². The van der Waals surface area contributed by atoms with Crippen LogP contribution in [0.1, 0.15) is 18.4 Å². The first-order valence-corrected chi connectivity index (χ1v) is 7.37. The zero-order valence-corrected chi connectivity index (χ0v) is 11.2. The van der Waals surface area contributed by atoms with E-state index >= 15 is 0 Å². The first-order valence-electron chi connectivity index (χ1n) is 6.38. The topological polar surface area (TPSA) is 40.5 Å². The van der Waals surface area contributed by atoms with Crippen LogP contribution in [0.2, 0.25) is 0 Å². The Kier molecular flexibility index (Phi) is 2.98. The highest BCUT2D eigenvalue weighted by Crippen LogP contribution is 2.39. The highest BCUT2D eigenvalue weighted by atomic mass is 32.2. The van der Waals surface area contributed by atoms with E-state index in [-0.39, 0.29) is 12.0 Å². The zero-order chi connectivity index (χ0) is 12.7. The third-order valence-corrected chi connectivity index (χ3v) is 5.07. The second-order valence-electron chi connectivity index (χ2n) is 5.10. The van der Waals surface area contributed by atoms with E-state index in [9.17, 15) is 4.79 Å². The lowest BCUT2D eigenvalue weighted by molar-refractivity contribution is -0.138. The molecule has 2 aliphatic rings. The van der Waals surface area contributed by atoms with Gasteiger partial charge in [-0.25, -0.2) is 0 Å². The van der Waals surface area contributed by atoms with E-state index in [1.807, 2.05) is 18.8 Å². The maximum atomic E-state index is 10.9. The molecule has 4 heteroatoms. The molecule has 2 unspecified atom stereocenters. The summed E-state index contributed by atoms with van der Waals surface area (Å²) in [4.78, 5) is 14.4. The molecule has 0 aromatic heterocycles. The highest BCUT2D eigenvalue weighted by Gasteiger charge is 2.46. The number of carbonyl (C=O) groups is 1. The molecular weight excluding hydrogens is 246 g/mol. The number of nitrogens with zero attached hydrogens (tertiary/aromatic N) is 1. The van der Waals surface area contributed by atoms with Crippen LogP contribution in [0, 0.1) is 5.92 Å². The molecule has 1 aliphatic heterocycles. The number of carboxylic acid groups (broad SMARTS) is 1. The minimum atomic E-state index is -0.666. The van der Waals surface area contributed by atoms with E-state index in [2.05, 4.69) is 23.1 Å². The Morgan fingerprint density at radius 2 is 2.33 bits per heavy atom. The molecule has 1 N–H and O–H groups in total. The molecule has 3 rings (SSSR count). The average molecular weight is 263 g/mol. The van der Waals surface area contributed by atoms with Crippen LogP contribution in [-0.2, 0) is 11.2 Å². The first-order chi connectivity index (χ1) is 8.66. The Bertz CT molecular complexity index is 489. The molecule has 96 valence electrons. The molecule has 1 aromatic rings. The van der Waals surface area contributed by atoms with E-state index in [0.717, 1.165) is 18.5 Å². The summed E-state index contributed by atoms with van der Waals surface area (Å²) in [6.07, 6.45) is 3.17. The Labute approximate surface area is 111 Å². The average Bonchev–Trinajstić information content (AvgIpc) is 3.17. The van der Waals surface area contributed by atoms with Crippen LogP contribution >= 0.6 is 11.8 Å². The van der Waals surface area contributed by atoms with Gasteiger partial charge in [0, 0.05) is 23.7 Å². The molecule has 0 bridgehead atoms. The standard InChI is InChI=1S/C14H17NO2S/c1-15(12-8-11(12)14(16)17)10-4-5-13-9(7-10)3-2-6-18-13/h4-5,7,11-12H,2-3,6,8H2,1H3,(H,16,17). The second kappa shape index (κ2) is 4.50. The molecule has 0 spiro atoms. The van der Waals surface area contributed by atoms with Crippen LogP contribution in [0.5, 0.6) is 0 Å². The third kappa shape index (κ3) is 2.09. The van der Waals surface area contributed by atoms with Gasteiger partial charge in [0.05, 0.1) is 5.92 Å². The van der Waals surface area contributed by atoms with Gasteiger partial charge in [-0.1, -0.05) is 0 Å². The fourth-order valence-electron chi connectivity index (χ4n) is 2.63. The van der Waals surface area contributed by atoms with Crippen molar-refractivity contribution in [1.82, 2.24) is 0 Å². The number of thioether (sulfide) groups is 1. The summed E-state index contributed by atoms with van der Waals surface area (Å²) in [6.45, 7) is 0. The molecule has 1 aromatic carbocycles. The van der Waals surface area contributed by atoms with Gasteiger partial charge in [-0.2, -0.15) is 0 Å². The van der Waals surface area contributed by atoms with Gasteiger partial charge in [0.2, 0.25) is 0 Å². The van der Waals surface area contributed by atoms with Crippen LogP contribution in [0.15, 0.2) is 23.1 Å². The third-order valence-electron chi connectivity index (χ3n) is 3.87. The number of fused-ring (bicyclic) bond motifs is 1. The molecule has 0 radical (unpaired) electrons. The predicted molar refractivity (Wildman–Crippen MR) is 73.4 cm³/mol. The van der Waals surface area contributed by atoms with E-state index in [1.54, 1.807) is 0 Å². The molecule has 1 fully saturated rings. The van der Waals surface area contributed by atoms with Crippen molar-refractivity contribution in [2.75, 3.05) is 17.7 Å². The number of hydrogen-bond acceptors (Lipinski definition) is 3. The highest BCUT2D eigenvalue weighted by molar-refractivity contribution is 7.99. The molecule has 2 atom stereocenters. The van der Waals surface area contributed by atoms with Crippen LogP contribution in [0.3, 0.4) is 0 Å². The summed E-state index contributed by atoms with van der Waals surface area (Å²) in [5, 5.41) is 8.98. The molecule has 1 heterocycles. The number of aliphatic carboxylic acids is 1. The van der Waals surface area contributed by atoms with Gasteiger partial charge in [0.15, 0.2) is 0 Å². The van der Waals surface area contributed by atoms with Crippen molar-refractivity contribution < 1.29 is 9.90 Å². The van der Waals surface area contributed by atoms with E-state index in [1.165, 1.54) is 22.6 Å². The number of carboxylic acids is 1. The van der Waals surface area contributed by atoms with E-state index in [0.29, 0.717) is 0 Å². The monoisotopic (exact) mass is 263 g/mol. The quantitative estimate of drug-likeness (QED) is 0.910. The van der Waals surface area contributed by atoms with Crippen molar-refractivity contribution in [2.24, 2.45) is 5.92 Å². The summed E-state index contributed by atoms with van der Waals surface area (Å²) in [5.74, 6) is 0.368. The Morgan fingerprint density at radius 1 is 1.50 bits per heavy atom. The normalized spacial score (nSPS) is 25.4. The van der Waals surface area contributed by atoms with E-state index in [4.69, 9.17) is 5.11 Å². The molecule has 1 aliphatic carbocycles. The van der Waals surface area contributed by atoms with Crippen molar-refractivity contribution in [3.05, 3.63) is 23.8 Å². The number of hydrogen-bond donors (Lipinski definition) is 1.